The molecule has 1 heterocycles. The fourth-order valence-corrected chi connectivity index (χ4v) is 1.77. The molecule has 1 N–H and O–H groups in total. The topological polar surface area (TPSA) is 21.3 Å². The van der Waals surface area contributed by atoms with Crippen molar-refractivity contribution in [2.75, 3.05) is 12.0 Å². The number of anilines is 1. The smallest absolute Gasteiger partial charge is 0.159 e. The van der Waals surface area contributed by atoms with Crippen molar-refractivity contribution in [2.24, 2.45) is 0 Å². The molecule has 0 aliphatic carbocycles. The molecule has 0 radical (unpaired) electrons. The SMILES string of the molecule is c1cc2c3c(cccc3c1)OCN2. The Morgan fingerprint density at radius 2 is 1.92 bits per heavy atom. The van der Waals surface area contributed by atoms with E-state index in [-0.39, 0.29) is 0 Å². The molecule has 1 aliphatic rings. The summed E-state index contributed by atoms with van der Waals surface area (Å²) in [5, 5.41) is 5.62. The summed E-state index contributed by atoms with van der Waals surface area (Å²) in [7, 11) is 0. The van der Waals surface area contributed by atoms with Crippen molar-refractivity contribution in [1.82, 2.24) is 0 Å². The van der Waals surface area contributed by atoms with Gasteiger partial charge in [-0.25, -0.2) is 0 Å². The second-order valence-electron chi connectivity index (χ2n) is 3.13. The first-order chi connectivity index (χ1) is 6.45. The molecule has 0 atom stereocenters. The van der Waals surface area contributed by atoms with Crippen LogP contribution < -0.4 is 10.1 Å². The van der Waals surface area contributed by atoms with Gasteiger partial charge in [-0.05, 0) is 17.5 Å². The van der Waals surface area contributed by atoms with Gasteiger partial charge in [0.05, 0.1) is 0 Å². The van der Waals surface area contributed by atoms with Gasteiger partial charge in [0, 0.05) is 11.1 Å². The van der Waals surface area contributed by atoms with E-state index in [1.807, 2.05) is 12.1 Å². The third kappa shape index (κ3) is 0.886. The van der Waals surface area contributed by atoms with Crippen LogP contribution in [0.5, 0.6) is 5.75 Å². The molecule has 13 heavy (non-hydrogen) atoms. The third-order valence-electron chi connectivity index (χ3n) is 2.36. The molecule has 0 amide bonds. The van der Waals surface area contributed by atoms with Crippen molar-refractivity contribution < 1.29 is 4.74 Å². The van der Waals surface area contributed by atoms with Crippen LogP contribution in [-0.2, 0) is 0 Å². The van der Waals surface area contributed by atoms with Gasteiger partial charge in [-0.3, -0.25) is 0 Å². The highest BCUT2D eigenvalue weighted by atomic mass is 16.5. The average molecular weight is 171 g/mol. The van der Waals surface area contributed by atoms with Crippen LogP contribution in [0.2, 0.25) is 0 Å². The zero-order chi connectivity index (χ0) is 8.67. The van der Waals surface area contributed by atoms with Crippen LogP contribution in [0.4, 0.5) is 5.69 Å². The first-order valence-electron chi connectivity index (χ1n) is 4.33. The number of ether oxygens (including phenoxy) is 1. The lowest BCUT2D eigenvalue weighted by Crippen LogP contribution is -2.13. The molecular weight excluding hydrogens is 162 g/mol. The Balaban J connectivity index is 2.49. The Morgan fingerprint density at radius 3 is 2.85 bits per heavy atom. The van der Waals surface area contributed by atoms with Gasteiger partial charge in [0.15, 0.2) is 6.73 Å². The first-order valence-corrected chi connectivity index (χ1v) is 4.33. The lowest BCUT2D eigenvalue weighted by molar-refractivity contribution is 0.346. The molecular formula is C11H9NO. The Kier molecular flexibility index (Phi) is 1.25. The third-order valence-corrected chi connectivity index (χ3v) is 2.36. The maximum atomic E-state index is 5.48. The van der Waals surface area contributed by atoms with Gasteiger partial charge in [-0.1, -0.05) is 24.3 Å². The van der Waals surface area contributed by atoms with E-state index in [9.17, 15) is 0 Å². The Hall–Kier alpha value is -1.70. The molecule has 2 aromatic carbocycles. The lowest BCUT2D eigenvalue weighted by Gasteiger charge is -2.19. The zero-order valence-corrected chi connectivity index (χ0v) is 7.08. The minimum absolute atomic E-state index is 0.566. The van der Waals surface area contributed by atoms with Crippen LogP contribution in [0.1, 0.15) is 0 Å². The second kappa shape index (κ2) is 2.39. The summed E-state index contributed by atoms with van der Waals surface area (Å²) in [5.74, 6) is 0.979. The highest BCUT2D eigenvalue weighted by Gasteiger charge is 2.10. The number of hydrogen-bond acceptors (Lipinski definition) is 2. The van der Waals surface area contributed by atoms with E-state index in [0.717, 1.165) is 5.75 Å². The standard InChI is InChI=1S/C11H9NO/c1-3-8-4-2-6-10-11(8)9(5-1)12-7-13-10/h1-6,12H,7H2. The van der Waals surface area contributed by atoms with Crippen LogP contribution in [-0.4, -0.2) is 6.73 Å². The molecule has 0 saturated heterocycles. The van der Waals surface area contributed by atoms with Gasteiger partial charge >= 0.3 is 0 Å². The number of hydrogen-bond donors (Lipinski definition) is 1. The number of nitrogens with one attached hydrogen (secondary N) is 1. The van der Waals surface area contributed by atoms with Crippen molar-refractivity contribution in [3.05, 3.63) is 36.4 Å². The van der Waals surface area contributed by atoms with Gasteiger partial charge in [-0.2, -0.15) is 0 Å². The number of rotatable bonds is 0. The molecule has 0 saturated carbocycles. The van der Waals surface area contributed by atoms with Crippen molar-refractivity contribution >= 4 is 16.5 Å². The molecule has 3 rings (SSSR count). The molecule has 1 aliphatic heterocycles. The summed E-state index contributed by atoms with van der Waals surface area (Å²) in [4.78, 5) is 0. The summed E-state index contributed by atoms with van der Waals surface area (Å²) < 4.78 is 5.48. The normalized spacial score (nSPS) is 13.5. The number of benzene rings is 2. The second-order valence-corrected chi connectivity index (χ2v) is 3.13. The molecule has 2 heteroatoms. The maximum absolute atomic E-state index is 5.48. The zero-order valence-electron chi connectivity index (χ0n) is 7.08. The summed E-state index contributed by atoms with van der Waals surface area (Å²) in [6.45, 7) is 0.566. The van der Waals surface area contributed by atoms with Crippen LogP contribution >= 0.6 is 0 Å². The van der Waals surface area contributed by atoms with E-state index >= 15 is 0 Å². The van der Waals surface area contributed by atoms with Crippen LogP contribution in [0.25, 0.3) is 10.8 Å². The molecule has 2 nitrogen and oxygen atoms in total. The highest BCUT2D eigenvalue weighted by Crippen LogP contribution is 2.34. The fourth-order valence-electron chi connectivity index (χ4n) is 1.77. The lowest BCUT2D eigenvalue weighted by atomic mass is 10.1. The van der Waals surface area contributed by atoms with E-state index in [0.29, 0.717) is 6.73 Å². The summed E-state index contributed by atoms with van der Waals surface area (Å²) in [6, 6.07) is 12.4. The predicted octanol–water partition coefficient (Wildman–Crippen LogP) is 2.60. The monoisotopic (exact) mass is 171 g/mol. The van der Waals surface area contributed by atoms with Crippen molar-refractivity contribution in [2.45, 2.75) is 0 Å². The Morgan fingerprint density at radius 1 is 1.08 bits per heavy atom. The predicted molar refractivity (Wildman–Crippen MR) is 53.1 cm³/mol. The van der Waals surface area contributed by atoms with E-state index in [2.05, 4.69) is 29.6 Å². The molecule has 0 bridgehead atoms. The molecule has 0 unspecified atom stereocenters. The van der Waals surface area contributed by atoms with Crippen molar-refractivity contribution in [1.29, 1.82) is 0 Å². The molecule has 0 fully saturated rings. The average Bonchev–Trinajstić information content (AvgIpc) is 2.19. The molecule has 0 spiro atoms. The van der Waals surface area contributed by atoms with Crippen molar-refractivity contribution in [3.63, 3.8) is 0 Å². The van der Waals surface area contributed by atoms with Gasteiger partial charge in [0.2, 0.25) is 0 Å². The largest absolute Gasteiger partial charge is 0.473 e. The van der Waals surface area contributed by atoms with Gasteiger partial charge in [0.25, 0.3) is 0 Å². The van der Waals surface area contributed by atoms with Crippen LogP contribution in [0.15, 0.2) is 36.4 Å². The van der Waals surface area contributed by atoms with E-state index in [1.165, 1.54) is 16.5 Å². The molecule has 2 aromatic rings. The van der Waals surface area contributed by atoms with Gasteiger partial charge < -0.3 is 10.1 Å². The minimum Gasteiger partial charge on any atom is -0.473 e. The van der Waals surface area contributed by atoms with Crippen LogP contribution in [0, 0.1) is 0 Å². The van der Waals surface area contributed by atoms with E-state index in [1.54, 1.807) is 0 Å². The maximum Gasteiger partial charge on any atom is 0.159 e. The minimum atomic E-state index is 0.566. The summed E-state index contributed by atoms with van der Waals surface area (Å²) in [6.07, 6.45) is 0. The van der Waals surface area contributed by atoms with Crippen LogP contribution in [0.3, 0.4) is 0 Å². The van der Waals surface area contributed by atoms with E-state index in [4.69, 9.17) is 4.74 Å². The van der Waals surface area contributed by atoms with Gasteiger partial charge in [-0.15, -0.1) is 0 Å². The summed E-state index contributed by atoms with van der Waals surface area (Å²) >= 11 is 0. The Labute approximate surface area is 76.1 Å². The quantitative estimate of drug-likeness (QED) is 0.657. The highest BCUT2D eigenvalue weighted by molar-refractivity contribution is 5.99. The molecule has 64 valence electrons. The molecule has 0 aromatic heterocycles. The first kappa shape index (κ1) is 6.78. The van der Waals surface area contributed by atoms with Gasteiger partial charge in [0.1, 0.15) is 5.75 Å². The summed E-state index contributed by atoms with van der Waals surface area (Å²) in [5.41, 5.74) is 1.17. The Bertz CT molecular complexity index is 426. The van der Waals surface area contributed by atoms with Crippen molar-refractivity contribution in [3.8, 4) is 5.75 Å². The fraction of sp³-hybridized carbons (Fsp3) is 0.0909. The van der Waals surface area contributed by atoms with E-state index < -0.39 is 0 Å².